The molecular weight excluding hydrogens is 284 g/mol. The van der Waals surface area contributed by atoms with Gasteiger partial charge in [0.2, 0.25) is 0 Å². The summed E-state index contributed by atoms with van der Waals surface area (Å²) in [4.78, 5) is 34.9. The topological polar surface area (TPSA) is 69.7 Å². The van der Waals surface area contributed by atoms with E-state index in [-0.39, 0.29) is 42.1 Å². The van der Waals surface area contributed by atoms with E-state index >= 15 is 0 Å². The summed E-state index contributed by atoms with van der Waals surface area (Å²) in [7, 11) is 0. The van der Waals surface area contributed by atoms with E-state index in [2.05, 4.69) is 6.58 Å². The molecule has 0 spiro atoms. The van der Waals surface area contributed by atoms with Crippen LogP contribution in [0.2, 0.25) is 0 Å². The van der Waals surface area contributed by atoms with Crippen molar-refractivity contribution >= 4 is 17.7 Å². The summed E-state index contributed by atoms with van der Waals surface area (Å²) in [6.07, 6.45) is 2.64. The fourth-order valence-corrected chi connectivity index (χ4v) is 3.20. The molecule has 4 atom stereocenters. The summed E-state index contributed by atoms with van der Waals surface area (Å²) in [5.41, 5.74) is 1.23. The first-order valence-electron chi connectivity index (χ1n) is 7.59. The van der Waals surface area contributed by atoms with Crippen LogP contribution in [0.15, 0.2) is 23.8 Å². The van der Waals surface area contributed by atoms with Gasteiger partial charge in [0.25, 0.3) is 0 Å². The average Bonchev–Trinajstić information content (AvgIpc) is 2.56. The maximum absolute atomic E-state index is 12.4. The van der Waals surface area contributed by atoms with E-state index in [4.69, 9.17) is 9.47 Å². The monoisotopic (exact) mass is 306 g/mol. The number of rotatable bonds is 4. The lowest BCUT2D eigenvalue weighted by Crippen LogP contribution is -2.22. The molecule has 1 saturated heterocycles. The van der Waals surface area contributed by atoms with Gasteiger partial charge in [0.1, 0.15) is 12.2 Å². The van der Waals surface area contributed by atoms with Gasteiger partial charge in [-0.15, -0.1) is 0 Å². The van der Waals surface area contributed by atoms with Crippen molar-refractivity contribution in [2.75, 3.05) is 0 Å². The van der Waals surface area contributed by atoms with Crippen molar-refractivity contribution in [1.29, 1.82) is 0 Å². The van der Waals surface area contributed by atoms with Gasteiger partial charge in [0.15, 0.2) is 5.78 Å². The van der Waals surface area contributed by atoms with Crippen molar-refractivity contribution in [2.45, 2.75) is 52.2 Å². The smallest absolute Gasteiger partial charge is 0.334 e. The molecule has 2 rings (SSSR count). The number of allylic oxidation sites excluding steroid dienone is 2. The van der Waals surface area contributed by atoms with Gasteiger partial charge in [-0.3, -0.25) is 9.59 Å². The molecule has 1 aliphatic carbocycles. The van der Waals surface area contributed by atoms with Gasteiger partial charge in [-0.05, 0) is 31.3 Å². The number of ether oxygens (including phenoxy) is 2. The highest BCUT2D eigenvalue weighted by Gasteiger charge is 2.41. The lowest BCUT2D eigenvalue weighted by atomic mass is 9.89. The fraction of sp³-hybridized carbons (Fsp3) is 0.588. The Morgan fingerprint density at radius 1 is 1.50 bits per heavy atom. The Hall–Kier alpha value is -1.91. The van der Waals surface area contributed by atoms with Crippen molar-refractivity contribution in [2.24, 2.45) is 11.8 Å². The molecule has 0 radical (unpaired) electrons. The van der Waals surface area contributed by atoms with Gasteiger partial charge in [-0.25, -0.2) is 4.79 Å². The van der Waals surface area contributed by atoms with Crippen LogP contribution in [0.4, 0.5) is 0 Å². The molecule has 0 aromatic rings. The second-order valence-corrected chi connectivity index (χ2v) is 6.15. The van der Waals surface area contributed by atoms with Gasteiger partial charge < -0.3 is 9.47 Å². The molecule has 0 saturated carbocycles. The molecule has 0 aromatic carbocycles. The van der Waals surface area contributed by atoms with Crippen molar-refractivity contribution in [3.05, 3.63) is 23.8 Å². The Labute approximate surface area is 130 Å². The molecule has 0 aromatic heterocycles. The van der Waals surface area contributed by atoms with Crippen molar-refractivity contribution in [3.8, 4) is 0 Å². The number of ketones is 1. The van der Waals surface area contributed by atoms with Gasteiger partial charge >= 0.3 is 11.9 Å². The number of hydrogen-bond acceptors (Lipinski definition) is 5. The van der Waals surface area contributed by atoms with Crippen LogP contribution in [0.25, 0.3) is 0 Å². The summed E-state index contributed by atoms with van der Waals surface area (Å²) in [6.45, 7) is 8.78. The largest absolute Gasteiger partial charge is 0.462 e. The predicted octanol–water partition coefficient (Wildman–Crippen LogP) is 2.35. The molecule has 0 N–H and O–H groups in total. The molecule has 1 heterocycles. The lowest BCUT2D eigenvalue weighted by molar-refractivity contribution is -0.146. The molecule has 0 bridgehead atoms. The number of esters is 2. The average molecular weight is 306 g/mol. The highest BCUT2D eigenvalue weighted by molar-refractivity contribution is 5.96. The molecule has 22 heavy (non-hydrogen) atoms. The van der Waals surface area contributed by atoms with Gasteiger partial charge in [-0.1, -0.05) is 19.6 Å². The highest BCUT2D eigenvalue weighted by Crippen LogP contribution is 2.38. The van der Waals surface area contributed by atoms with Crippen molar-refractivity contribution < 1.29 is 23.9 Å². The lowest BCUT2D eigenvalue weighted by Gasteiger charge is -2.18. The van der Waals surface area contributed by atoms with E-state index < -0.39 is 6.10 Å². The summed E-state index contributed by atoms with van der Waals surface area (Å²) in [5.74, 6) is -0.759. The zero-order chi connectivity index (χ0) is 16.4. The number of hydrogen-bond donors (Lipinski definition) is 0. The molecule has 0 amide bonds. The second kappa shape index (κ2) is 6.46. The van der Waals surface area contributed by atoms with Crippen molar-refractivity contribution in [3.63, 3.8) is 0 Å². The van der Waals surface area contributed by atoms with Crippen LogP contribution >= 0.6 is 0 Å². The zero-order valence-corrected chi connectivity index (χ0v) is 13.3. The van der Waals surface area contributed by atoms with Crippen LogP contribution in [-0.2, 0) is 23.9 Å². The van der Waals surface area contributed by atoms with Crippen LogP contribution in [0.1, 0.15) is 40.0 Å². The highest BCUT2D eigenvalue weighted by atomic mass is 16.6. The Morgan fingerprint density at radius 3 is 2.82 bits per heavy atom. The molecule has 5 heteroatoms. The van der Waals surface area contributed by atoms with Crippen LogP contribution in [0.3, 0.4) is 0 Å². The quantitative estimate of drug-likeness (QED) is 0.589. The standard InChI is InChI=1S/C17H22O5/c1-9-7-16-14(11(3)17(20)22-16)6-5-13(9)15(19)8-10(2)21-12(4)18/h5,9-10,14,16H,3,6-8H2,1-2,4H3/t9-,10?,14+,16-/m0/s1. The van der Waals surface area contributed by atoms with E-state index in [0.717, 1.165) is 5.57 Å². The molecule has 5 nitrogen and oxygen atoms in total. The van der Waals surface area contributed by atoms with E-state index in [1.165, 1.54) is 6.92 Å². The third kappa shape index (κ3) is 3.46. The van der Waals surface area contributed by atoms with E-state index in [1.54, 1.807) is 6.92 Å². The van der Waals surface area contributed by atoms with Crippen molar-refractivity contribution in [1.82, 2.24) is 0 Å². The molecule has 1 aliphatic heterocycles. The maximum Gasteiger partial charge on any atom is 0.334 e. The molecule has 2 aliphatic rings. The van der Waals surface area contributed by atoms with Crippen LogP contribution in [0.5, 0.6) is 0 Å². The Bertz CT molecular complexity index is 545. The minimum atomic E-state index is -0.436. The van der Waals surface area contributed by atoms with E-state index in [0.29, 0.717) is 18.4 Å². The first-order chi connectivity index (χ1) is 10.3. The minimum absolute atomic E-state index is 0.00530. The first kappa shape index (κ1) is 16.5. The summed E-state index contributed by atoms with van der Waals surface area (Å²) >= 11 is 0. The Balaban J connectivity index is 2.06. The van der Waals surface area contributed by atoms with Gasteiger partial charge in [-0.2, -0.15) is 0 Å². The van der Waals surface area contributed by atoms with Crippen LogP contribution < -0.4 is 0 Å². The summed E-state index contributed by atoms with van der Waals surface area (Å²) in [6, 6.07) is 0. The van der Waals surface area contributed by atoms with Crippen LogP contribution in [0, 0.1) is 11.8 Å². The third-order valence-corrected chi connectivity index (χ3v) is 4.29. The third-order valence-electron chi connectivity index (χ3n) is 4.29. The van der Waals surface area contributed by atoms with E-state index in [9.17, 15) is 14.4 Å². The Morgan fingerprint density at radius 2 is 2.18 bits per heavy atom. The second-order valence-electron chi connectivity index (χ2n) is 6.15. The molecule has 1 unspecified atom stereocenters. The summed E-state index contributed by atoms with van der Waals surface area (Å²) in [5, 5.41) is 0. The molecular formula is C17H22O5. The number of carbonyl (C=O) groups is 3. The van der Waals surface area contributed by atoms with Crippen LogP contribution in [-0.4, -0.2) is 29.9 Å². The van der Waals surface area contributed by atoms with Gasteiger partial charge in [0.05, 0.1) is 0 Å². The Kier molecular flexibility index (Phi) is 4.84. The fourth-order valence-electron chi connectivity index (χ4n) is 3.20. The molecule has 1 fully saturated rings. The molecule has 120 valence electrons. The number of carbonyl (C=O) groups excluding carboxylic acids is 3. The SMILES string of the molecule is C=C1C(=O)O[C@H]2C[C@H](C)C(C(=O)CC(C)OC(C)=O)=CC[C@H]12. The minimum Gasteiger partial charge on any atom is -0.462 e. The van der Waals surface area contributed by atoms with Gasteiger partial charge in [0, 0.05) is 24.8 Å². The van der Waals surface area contributed by atoms with E-state index in [1.807, 2.05) is 13.0 Å². The first-order valence-corrected chi connectivity index (χ1v) is 7.59. The summed E-state index contributed by atoms with van der Waals surface area (Å²) < 4.78 is 10.4. The number of fused-ring (bicyclic) bond motifs is 1. The number of Topliss-reactive ketones (excluding diaryl/α,β-unsaturated/α-hetero) is 1. The maximum atomic E-state index is 12.4. The zero-order valence-electron chi connectivity index (χ0n) is 13.3. The normalized spacial score (nSPS) is 29.0. The predicted molar refractivity (Wildman–Crippen MR) is 79.8 cm³/mol.